The third kappa shape index (κ3) is 4.76. The Morgan fingerprint density at radius 1 is 1.10 bits per heavy atom. The number of hydrogen-bond acceptors (Lipinski definition) is 6. The molecule has 3 aromatic rings. The molecule has 0 spiro atoms. The quantitative estimate of drug-likeness (QED) is 0.337. The van der Waals surface area contributed by atoms with E-state index in [2.05, 4.69) is 22.2 Å². The molecule has 0 unspecified atom stereocenters. The summed E-state index contributed by atoms with van der Waals surface area (Å²) < 4.78 is 29.4. The lowest BCUT2D eigenvalue weighted by Gasteiger charge is -2.26. The van der Waals surface area contributed by atoms with Gasteiger partial charge in [0.25, 0.3) is 11.5 Å². The molecule has 1 saturated heterocycles. The van der Waals surface area contributed by atoms with Gasteiger partial charge in [0, 0.05) is 36.6 Å². The van der Waals surface area contributed by atoms with Crippen molar-refractivity contribution in [1.82, 2.24) is 9.78 Å². The standard InChI is InChI=1S/C30H32F2N6O2/c1-18-11-14-37(17-18)27-20(16-34-30-12-9-19(15-30)10-13-30)23(33)5-6-24(27)35-29(40)25-7-8-26(39)38(36-25)28-21(31)3-2-4-22(28)32/h2-8,16,18-19H,9-15,17,33H2,1H3,(H,35,40)/t18-,19?,30?/m0/s1. The second-order valence-corrected chi connectivity index (χ2v) is 11.4. The van der Waals surface area contributed by atoms with Gasteiger partial charge >= 0.3 is 0 Å². The SMILES string of the molecule is C[C@H]1CCN(c2c(NC(=O)c3ccc(=O)n(-c4c(F)cccc4F)n3)ccc(N)c2C=NC23CCC(CC2)C3)C1. The van der Waals surface area contributed by atoms with Crippen molar-refractivity contribution >= 4 is 29.2 Å². The van der Waals surface area contributed by atoms with Crippen molar-refractivity contribution in [3.05, 3.63) is 75.7 Å². The number of halogens is 2. The van der Waals surface area contributed by atoms with Crippen LogP contribution < -0.4 is 21.5 Å². The van der Waals surface area contributed by atoms with Crippen LogP contribution in [0.4, 0.5) is 25.8 Å². The molecule has 208 valence electrons. The van der Waals surface area contributed by atoms with E-state index < -0.39 is 28.8 Å². The van der Waals surface area contributed by atoms with Gasteiger partial charge in [-0.25, -0.2) is 8.78 Å². The van der Waals surface area contributed by atoms with Crippen LogP contribution in [-0.2, 0) is 0 Å². The second kappa shape index (κ2) is 10.1. The Kier molecular flexibility index (Phi) is 6.64. The van der Waals surface area contributed by atoms with E-state index in [0.717, 1.165) is 74.1 Å². The first-order chi connectivity index (χ1) is 19.2. The first-order valence-electron chi connectivity index (χ1n) is 13.8. The largest absolute Gasteiger partial charge is 0.398 e. The molecular formula is C30H32F2N6O2. The van der Waals surface area contributed by atoms with Gasteiger partial charge in [-0.1, -0.05) is 13.0 Å². The maximum Gasteiger partial charge on any atom is 0.276 e. The van der Waals surface area contributed by atoms with E-state index in [1.54, 1.807) is 12.1 Å². The molecule has 1 atom stereocenters. The fourth-order valence-electron chi connectivity index (χ4n) is 6.45. The molecule has 1 amide bonds. The van der Waals surface area contributed by atoms with Crippen LogP contribution in [0.1, 0.15) is 61.5 Å². The molecule has 2 saturated carbocycles. The van der Waals surface area contributed by atoms with Crippen molar-refractivity contribution in [3.63, 3.8) is 0 Å². The number of aromatic nitrogens is 2. The fraction of sp³-hybridized carbons (Fsp3) is 0.400. The number of para-hydroxylation sites is 1. The highest BCUT2D eigenvalue weighted by Crippen LogP contribution is 2.50. The Balaban J connectivity index is 1.37. The normalized spacial score (nSPS) is 23.8. The number of rotatable bonds is 6. The van der Waals surface area contributed by atoms with Crippen LogP contribution in [0.3, 0.4) is 0 Å². The van der Waals surface area contributed by atoms with E-state index >= 15 is 0 Å². The molecule has 2 aromatic carbocycles. The van der Waals surface area contributed by atoms with E-state index in [1.165, 1.54) is 25.0 Å². The van der Waals surface area contributed by atoms with Crippen LogP contribution >= 0.6 is 0 Å². The molecule has 3 aliphatic rings. The first-order valence-corrected chi connectivity index (χ1v) is 13.8. The number of nitrogens with zero attached hydrogens (tertiary/aromatic N) is 4. The van der Waals surface area contributed by atoms with Crippen molar-refractivity contribution in [3.8, 4) is 5.69 Å². The van der Waals surface area contributed by atoms with Crippen LogP contribution in [0.25, 0.3) is 5.69 Å². The summed E-state index contributed by atoms with van der Waals surface area (Å²) in [5, 5.41) is 6.91. The molecule has 8 nitrogen and oxygen atoms in total. The number of aliphatic imine (C=N–C) groups is 1. The van der Waals surface area contributed by atoms with Gasteiger partial charge in [0.2, 0.25) is 0 Å². The topological polar surface area (TPSA) is 106 Å². The van der Waals surface area contributed by atoms with Crippen LogP contribution in [0.5, 0.6) is 0 Å². The van der Waals surface area contributed by atoms with Gasteiger partial charge < -0.3 is 16.0 Å². The Morgan fingerprint density at radius 2 is 1.85 bits per heavy atom. The van der Waals surface area contributed by atoms with Crippen molar-refractivity contribution in [2.75, 3.05) is 29.0 Å². The molecule has 1 aliphatic heterocycles. The number of fused-ring (bicyclic) bond motifs is 2. The summed E-state index contributed by atoms with van der Waals surface area (Å²) in [7, 11) is 0. The van der Waals surface area contributed by atoms with Crippen LogP contribution in [0.15, 0.2) is 52.3 Å². The Morgan fingerprint density at radius 3 is 2.50 bits per heavy atom. The highest BCUT2D eigenvalue weighted by atomic mass is 19.1. The molecule has 10 heteroatoms. The van der Waals surface area contributed by atoms with Gasteiger partial charge in [-0.15, -0.1) is 0 Å². The van der Waals surface area contributed by atoms with Gasteiger partial charge in [-0.05, 0) is 80.7 Å². The third-order valence-corrected chi connectivity index (χ3v) is 8.59. The molecule has 2 heterocycles. The maximum atomic E-state index is 14.4. The fourth-order valence-corrected chi connectivity index (χ4v) is 6.45. The van der Waals surface area contributed by atoms with E-state index in [0.29, 0.717) is 22.0 Å². The molecular weight excluding hydrogens is 514 g/mol. The summed E-state index contributed by atoms with van der Waals surface area (Å²) in [5.41, 5.74) is 7.55. The predicted molar refractivity (Wildman–Crippen MR) is 151 cm³/mol. The molecule has 2 aliphatic carbocycles. The number of hydrogen-bond donors (Lipinski definition) is 2. The lowest BCUT2D eigenvalue weighted by molar-refractivity contribution is 0.102. The van der Waals surface area contributed by atoms with Crippen molar-refractivity contribution in [2.45, 2.75) is 51.0 Å². The number of carbonyl (C=O) groups excluding carboxylic acids is 1. The van der Waals surface area contributed by atoms with Crippen LogP contribution in [0, 0.1) is 23.5 Å². The molecule has 1 aromatic heterocycles. The van der Waals surface area contributed by atoms with Gasteiger partial charge in [0.15, 0.2) is 11.6 Å². The lowest BCUT2D eigenvalue weighted by atomic mass is 9.94. The minimum atomic E-state index is -0.963. The van der Waals surface area contributed by atoms with Crippen LogP contribution in [0.2, 0.25) is 0 Å². The lowest BCUT2D eigenvalue weighted by Crippen LogP contribution is -2.27. The number of benzene rings is 2. The average molecular weight is 547 g/mol. The zero-order valence-corrected chi connectivity index (χ0v) is 22.4. The second-order valence-electron chi connectivity index (χ2n) is 11.4. The first kappa shape index (κ1) is 26.2. The molecule has 40 heavy (non-hydrogen) atoms. The van der Waals surface area contributed by atoms with Gasteiger partial charge in [-0.2, -0.15) is 9.78 Å². The number of nitrogens with two attached hydrogens (primary N) is 1. The summed E-state index contributed by atoms with van der Waals surface area (Å²) in [4.78, 5) is 33.1. The van der Waals surface area contributed by atoms with E-state index in [1.807, 2.05) is 6.21 Å². The highest BCUT2D eigenvalue weighted by molar-refractivity contribution is 6.08. The number of nitrogens with one attached hydrogen (secondary N) is 1. The van der Waals surface area contributed by atoms with Crippen molar-refractivity contribution in [2.24, 2.45) is 16.8 Å². The van der Waals surface area contributed by atoms with Crippen LogP contribution in [-0.4, -0.2) is 40.5 Å². The molecule has 3 N–H and O–H groups in total. The van der Waals surface area contributed by atoms with Gasteiger partial charge in [0.05, 0.1) is 16.9 Å². The summed E-state index contributed by atoms with van der Waals surface area (Å²) >= 11 is 0. The minimum Gasteiger partial charge on any atom is -0.398 e. The van der Waals surface area contributed by atoms with Crippen molar-refractivity contribution in [1.29, 1.82) is 0 Å². The molecule has 3 fully saturated rings. The van der Waals surface area contributed by atoms with E-state index in [4.69, 9.17) is 10.7 Å². The Bertz CT molecular complexity index is 1540. The predicted octanol–water partition coefficient (Wildman–Crippen LogP) is 4.94. The van der Waals surface area contributed by atoms with Gasteiger partial charge in [-0.3, -0.25) is 14.6 Å². The Labute approximate surface area is 230 Å². The number of carbonyl (C=O) groups is 1. The van der Waals surface area contributed by atoms with E-state index in [9.17, 15) is 18.4 Å². The maximum absolute atomic E-state index is 14.4. The number of amides is 1. The minimum absolute atomic E-state index is 0.0223. The van der Waals surface area contributed by atoms with Gasteiger partial charge in [0.1, 0.15) is 11.4 Å². The summed E-state index contributed by atoms with van der Waals surface area (Å²) in [6.45, 7) is 3.79. The number of anilines is 3. The molecule has 0 radical (unpaired) electrons. The molecule has 2 bridgehead atoms. The smallest absolute Gasteiger partial charge is 0.276 e. The third-order valence-electron chi connectivity index (χ3n) is 8.59. The van der Waals surface area contributed by atoms with E-state index in [-0.39, 0.29) is 11.2 Å². The van der Waals surface area contributed by atoms with Crippen molar-refractivity contribution < 1.29 is 13.6 Å². The molecule has 6 rings (SSSR count). The zero-order chi connectivity index (χ0) is 28.0. The zero-order valence-electron chi connectivity index (χ0n) is 22.4. The number of nitrogen functional groups attached to an aromatic ring is 1. The summed E-state index contributed by atoms with van der Waals surface area (Å²) in [5.74, 6) is -1.32. The highest BCUT2D eigenvalue weighted by Gasteiger charge is 2.44. The Hall–Kier alpha value is -4.08. The summed E-state index contributed by atoms with van der Waals surface area (Å²) in [6.07, 6.45) is 8.60. The average Bonchev–Trinajstić information content (AvgIpc) is 3.66. The summed E-state index contributed by atoms with van der Waals surface area (Å²) in [6, 6.07) is 9.03. The monoisotopic (exact) mass is 546 g/mol.